The number of pyridine rings is 1. The summed E-state index contributed by atoms with van der Waals surface area (Å²) in [7, 11) is 0. The zero-order valence-corrected chi connectivity index (χ0v) is 14.6. The van der Waals surface area contributed by atoms with Crippen molar-refractivity contribution in [1.29, 1.82) is 5.26 Å². The molecule has 1 rings (SSSR count). The number of allylic oxidation sites excluding steroid dienone is 1. The van der Waals surface area contributed by atoms with Gasteiger partial charge in [-0.15, -0.1) is 6.58 Å². The van der Waals surface area contributed by atoms with E-state index in [1.54, 1.807) is 6.20 Å². The lowest BCUT2D eigenvalue weighted by Gasteiger charge is -2.34. The SMILES string of the molecule is C=C(C)CC(C#N)(CCN(C(C)C)C(C)C)c1ccccn1. The summed E-state index contributed by atoms with van der Waals surface area (Å²) in [5.41, 5.74) is 1.29. The standard InChI is InChI=1S/C19H29N3/c1-15(2)13-19(14-20,18-9-7-8-11-21-18)10-12-22(16(3)4)17(5)6/h7-9,11,16-17H,1,10,12-13H2,2-6H3. The number of aromatic nitrogens is 1. The maximum absolute atomic E-state index is 9.92. The van der Waals surface area contributed by atoms with Crippen LogP contribution in [0.2, 0.25) is 0 Å². The van der Waals surface area contributed by atoms with E-state index in [2.05, 4.69) is 50.2 Å². The van der Waals surface area contributed by atoms with Crippen molar-refractivity contribution in [3.05, 3.63) is 42.2 Å². The predicted octanol–water partition coefficient (Wildman–Crippen LogP) is 4.32. The zero-order valence-electron chi connectivity index (χ0n) is 14.6. The molecule has 1 unspecified atom stereocenters. The minimum Gasteiger partial charge on any atom is -0.298 e. The van der Waals surface area contributed by atoms with Crippen molar-refractivity contribution in [3.8, 4) is 6.07 Å². The summed E-state index contributed by atoms with van der Waals surface area (Å²) in [5.74, 6) is 0. The number of hydrogen-bond acceptors (Lipinski definition) is 3. The van der Waals surface area contributed by atoms with Gasteiger partial charge in [0.15, 0.2) is 0 Å². The molecule has 0 fully saturated rings. The van der Waals surface area contributed by atoms with Crippen molar-refractivity contribution in [2.75, 3.05) is 6.54 Å². The molecule has 1 aromatic heterocycles. The van der Waals surface area contributed by atoms with Crippen LogP contribution in [0.3, 0.4) is 0 Å². The average molecular weight is 299 g/mol. The molecule has 0 N–H and O–H groups in total. The Kier molecular flexibility index (Phi) is 6.77. The fourth-order valence-electron chi connectivity index (χ4n) is 3.05. The van der Waals surface area contributed by atoms with Crippen molar-refractivity contribution in [2.45, 2.75) is 65.0 Å². The van der Waals surface area contributed by atoms with Crippen LogP contribution in [0.25, 0.3) is 0 Å². The Morgan fingerprint density at radius 2 is 1.95 bits per heavy atom. The van der Waals surface area contributed by atoms with Gasteiger partial charge in [0.1, 0.15) is 5.41 Å². The molecule has 0 aliphatic heterocycles. The topological polar surface area (TPSA) is 39.9 Å². The second-order valence-electron chi connectivity index (χ2n) is 6.72. The second-order valence-corrected chi connectivity index (χ2v) is 6.72. The number of nitriles is 1. The Bertz CT molecular complexity index is 505. The molecule has 0 bridgehead atoms. The van der Waals surface area contributed by atoms with Crippen LogP contribution >= 0.6 is 0 Å². The fourth-order valence-corrected chi connectivity index (χ4v) is 3.05. The normalized spacial score (nSPS) is 14.1. The van der Waals surface area contributed by atoms with E-state index in [-0.39, 0.29) is 0 Å². The van der Waals surface area contributed by atoms with Gasteiger partial charge in [-0.1, -0.05) is 11.6 Å². The first-order chi connectivity index (χ1) is 10.3. The molecule has 22 heavy (non-hydrogen) atoms. The van der Waals surface area contributed by atoms with Gasteiger partial charge in [0, 0.05) is 24.8 Å². The highest BCUT2D eigenvalue weighted by atomic mass is 15.2. The highest BCUT2D eigenvalue weighted by molar-refractivity contribution is 5.29. The third kappa shape index (κ3) is 4.68. The Labute approximate surface area is 135 Å². The predicted molar refractivity (Wildman–Crippen MR) is 92.6 cm³/mol. The summed E-state index contributed by atoms with van der Waals surface area (Å²) in [5, 5.41) is 9.92. The molecule has 0 aliphatic carbocycles. The van der Waals surface area contributed by atoms with Gasteiger partial charge in [-0.05, 0) is 59.6 Å². The molecule has 3 nitrogen and oxygen atoms in total. The van der Waals surface area contributed by atoms with Crippen LogP contribution in [-0.2, 0) is 5.41 Å². The van der Waals surface area contributed by atoms with E-state index in [4.69, 9.17) is 0 Å². The monoisotopic (exact) mass is 299 g/mol. The van der Waals surface area contributed by atoms with Gasteiger partial charge in [0.2, 0.25) is 0 Å². The van der Waals surface area contributed by atoms with E-state index in [9.17, 15) is 5.26 Å². The fraction of sp³-hybridized carbons (Fsp3) is 0.579. The maximum Gasteiger partial charge on any atom is 0.104 e. The van der Waals surface area contributed by atoms with Gasteiger partial charge in [0.25, 0.3) is 0 Å². The van der Waals surface area contributed by atoms with Gasteiger partial charge in [0.05, 0.1) is 11.8 Å². The quantitative estimate of drug-likeness (QED) is 0.671. The van der Waals surface area contributed by atoms with Crippen LogP contribution in [0.15, 0.2) is 36.5 Å². The van der Waals surface area contributed by atoms with Crippen molar-refractivity contribution in [2.24, 2.45) is 0 Å². The summed E-state index contributed by atoms with van der Waals surface area (Å²) in [6.45, 7) is 15.7. The lowest BCUT2D eigenvalue weighted by atomic mass is 9.77. The molecule has 120 valence electrons. The number of nitrogens with zero attached hydrogens (tertiary/aromatic N) is 3. The molecular weight excluding hydrogens is 270 g/mol. The van der Waals surface area contributed by atoms with Crippen molar-refractivity contribution < 1.29 is 0 Å². The minimum absolute atomic E-state index is 0.463. The van der Waals surface area contributed by atoms with Crippen LogP contribution in [0.5, 0.6) is 0 Å². The summed E-state index contributed by atoms with van der Waals surface area (Å²) < 4.78 is 0. The van der Waals surface area contributed by atoms with Gasteiger partial charge in [-0.3, -0.25) is 9.88 Å². The number of hydrogen-bond donors (Lipinski definition) is 0. The van der Waals surface area contributed by atoms with Crippen LogP contribution in [0.4, 0.5) is 0 Å². The van der Waals surface area contributed by atoms with Gasteiger partial charge in [-0.25, -0.2) is 0 Å². The zero-order chi connectivity index (χ0) is 16.8. The van der Waals surface area contributed by atoms with Gasteiger partial charge in [-0.2, -0.15) is 5.26 Å². The Morgan fingerprint density at radius 3 is 2.36 bits per heavy atom. The third-order valence-electron chi connectivity index (χ3n) is 4.10. The van der Waals surface area contributed by atoms with Crippen LogP contribution in [0.1, 0.15) is 53.2 Å². The molecule has 0 radical (unpaired) electrons. The van der Waals surface area contributed by atoms with E-state index in [0.717, 1.165) is 24.2 Å². The maximum atomic E-state index is 9.92. The highest BCUT2D eigenvalue weighted by Gasteiger charge is 2.34. The van der Waals surface area contributed by atoms with E-state index in [1.807, 2.05) is 25.1 Å². The molecule has 1 atom stereocenters. The molecule has 1 aromatic rings. The lowest BCUT2D eigenvalue weighted by Crippen LogP contribution is -2.41. The van der Waals surface area contributed by atoms with Crippen molar-refractivity contribution in [1.82, 2.24) is 9.88 Å². The Hall–Kier alpha value is -1.66. The first kappa shape index (κ1) is 18.4. The smallest absolute Gasteiger partial charge is 0.104 e. The van der Waals surface area contributed by atoms with Gasteiger partial charge < -0.3 is 0 Å². The van der Waals surface area contributed by atoms with E-state index in [0.29, 0.717) is 18.5 Å². The molecule has 0 aliphatic rings. The molecule has 3 heteroatoms. The molecule has 0 aromatic carbocycles. The van der Waals surface area contributed by atoms with E-state index >= 15 is 0 Å². The first-order valence-corrected chi connectivity index (χ1v) is 8.05. The molecular formula is C19H29N3. The Morgan fingerprint density at radius 1 is 1.32 bits per heavy atom. The van der Waals surface area contributed by atoms with Crippen LogP contribution in [-0.4, -0.2) is 28.5 Å². The van der Waals surface area contributed by atoms with Crippen molar-refractivity contribution >= 4 is 0 Å². The van der Waals surface area contributed by atoms with Crippen molar-refractivity contribution in [3.63, 3.8) is 0 Å². The minimum atomic E-state index is -0.588. The van der Waals surface area contributed by atoms with Crippen LogP contribution < -0.4 is 0 Å². The van der Waals surface area contributed by atoms with Gasteiger partial charge >= 0.3 is 0 Å². The summed E-state index contributed by atoms with van der Waals surface area (Å²) in [6, 6.07) is 9.28. The van der Waals surface area contributed by atoms with E-state index in [1.165, 1.54) is 0 Å². The molecule has 0 saturated heterocycles. The highest BCUT2D eigenvalue weighted by Crippen LogP contribution is 2.33. The number of rotatable bonds is 8. The summed E-state index contributed by atoms with van der Waals surface area (Å²) >= 11 is 0. The second kappa shape index (κ2) is 8.10. The summed E-state index contributed by atoms with van der Waals surface area (Å²) in [4.78, 5) is 6.88. The first-order valence-electron chi connectivity index (χ1n) is 8.05. The van der Waals surface area contributed by atoms with E-state index < -0.39 is 5.41 Å². The third-order valence-corrected chi connectivity index (χ3v) is 4.10. The molecule has 0 saturated carbocycles. The average Bonchev–Trinajstić information content (AvgIpc) is 2.46. The van der Waals surface area contributed by atoms with Crippen LogP contribution in [0, 0.1) is 11.3 Å². The molecule has 1 heterocycles. The Balaban J connectivity index is 3.06. The summed E-state index contributed by atoms with van der Waals surface area (Å²) in [6.07, 6.45) is 3.19. The molecule has 0 spiro atoms. The molecule has 0 amide bonds. The lowest BCUT2D eigenvalue weighted by molar-refractivity contribution is 0.162. The largest absolute Gasteiger partial charge is 0.298 e.